The smallest absolute Gasteiger partial charge is 0.242 e. The van der Waals surface area contributed by atoms with Gasteiger partial charge in [0.15, 0.2) is 0 Å². The van der Waals surface area contributed by atoms with E-state index in [4.69, 9.17) is 4.98 Å². The van der Waals surface area contributed by atoms with Crippen molar-refractivity contribution in [3.8, 4) is 0 Å². The second kappa shape index (κ2) is 8.97. The molecule has 1 aromatic heterocycles. The maximum absolute atomic E-state index is 13.0. The van der Waals surface area contributed by atoms with Crippen molar-refractivity contribution >= 4 is 22.8 Å². The molecule has 0 spiro atoms. The van der Waals surface area contributed by atoms with Crippen molar-refractivity contribution in [3.63, 3.8) is 0 Å². The third kappa shape index (κ3) is 4.80. The first-order valence-electron chi connectivity index (χ1n) is 11.1. The van der Waals surface area contributed by atoms with Crippen LogP contribution in [0.25, 0.3) is 11.0 Å². The summed E-state index contributed by atoms with van der Waals surface area (Å²) >= 11 is 0. The molecule has 1 heterocycles. The number of aryl methyl sites for hydroxylation is 1. The van der Waals surface area contributed by atoms with Crippen LogP contribution < -0.4 is 5.32 Å². The largest absolute Gasteiger partial charge is 0.356 e. The number of rotatable bonds is 8. The Morgan fingerprint density at radius 3 is 2.66 bits per heavy atom. The molecule has 1 N–H and O–H groups in total. The molecular formula is C23H32N4O2. The Bertz CT molecular complexity index is 865. The van der Waals surface area contributed by atoms with Crippen LogP contribution in [-0.2, 0) is 22.6 Å². The number of aromatic nitrogens is 2. The van der Waals surface area contributed by atoms with Gasteiger partial charge in [0.2, 0.25) is 11.8 Å². The average molecular weight is 397 g/mol. The Labute approximate surface area is 172 Å². The lowest BCUT2D eigenvalue weighted by Crippen LogP contribution is -2.40. The Balaban J connectivity index is 1.42. The van der Waals surface area contributed by atoms with Gasteiger partial charge in [0.05, 0.1) is 11.0 Å². The topological polar surface area (TPSA) is 67.2 Å². The van der Waals surface area contributed by atoms with Crippen molar-refractivity contribution in [1.82, 2.24) is 19.8 Å². The van der Waals surface area contributed by atoms with E-state index in [1.807, 2.05) is 36.2 Å². The molecule has 2 aliphatic carbocycles. The molecule has 29 heavy (non-hydrogen) atoms. The zero-order valence-corrected chi connectivity index (χ0v) is 17.4. The van der Waals surface area contributed by atoms with Gasteiger partial charge in [-0.25, -0.2) is 4.98 Å². The Kier molecular flexibility index (Phi) is 6.16. The van der Waals surface area contributed by atoms with Gasteiger partial charge < -0.3 is 14.8 Å². The summed E-state index contributed by atoms with van der Waals surface area (Å²) in [6.45, 7) is 0.992. The van der Waals surface area contributed by atoms with Crippen LogP contribution in [0.1, 0.15) is 57.2 Å². The fourth-order valence-electron chi connectivity index (χ4n) is 4.36. The molecule has 2 aromatic rings. The zero-order chi connectivity index (χ0) is 20.2. The molecule has 0 radical (unpaired) electrons. The molecule has 0 saturated heterocycles. The third-order valence-corrected chi connectivity index (χ3v) is 6.37. The fourth-order valence-corrected chi connectivity index (χ4v) is 4.36. The molecule has 1 aromatic carbocycles. The van der Waals surface area contributed by atoms with Crippen molar-refractivity contribution in [2.75, 3.05) is 13.6 Å². The molecule has 156 valence electrons. The standard InChI is InChI=1S/C23H32N4O2/c1-26(18-8-3-2-4-9-18)22(28)16-27-20-11-6-5-10-19(20)25-21(27)12-7-15-24-23(29)17-13-14-17/h5-6,10-11,17-18H,2-4,7-9,12-16H2,1H3,(H,24,29). The van der Waals surface area contributed by atoms with E-state index < -0.39 is 0 Å². The van der Waals surface area contributed by atoms with Crippen molar-refractivity contribution in [2.45, 2.75) is 70.4 Å². The molecule has 6 nitrogen and oxygen atoms in total. The second-order valence-corrected chi connectivity index (χ2v) is 8.57. The van der Waals surface area contributed by atoms with Crippen molar-refractivity contribution in [2.24, 2.45) is 5.92 Å². The number of fused-ring (bicyclic) bond motifs is 1. The summed E-state index contributed by atoms with van der Waals surface area (Å²) in [5, 5.41) is 3.02. The fraction of sp³-hybridized carbons (Fsp3) is 0.609. The highest BCUT2D eigenvalue weighted by molar-refractivity contribution is 5.81. The number of likely N-dealkylation sites (N-methyl/N-ethyl adjacent to an activating group) is 1. The number of carbonyl (C=O) groups is 2. The van der Waals surface area contributed by atoms with Crippen molar-refractivity contribution < 1.29 is 9.59 Å². The minimum atomic E-state index is 0.156. The van der Waals surface area contributed by atoms with E-state index in [0.717, 1.165) is 55.4 Å². The molecule has 2 saturated carbocycles. The number of nitrogens with zero attached hydrogens (tertiary/aromatic N) is 3. The van der Waals surface area contributed by atoms with Gasteiger partial charge in [0, 0.05) is 32.0 Å². The van der Waals surface area contributed by atoms with Crippen molar-refractivity contribution in [3.05, 3.63) is 30.1 Å². The van der Waals surface area contributed by atoms with Gasteiger partial charge in [-0.15, -0.1) is 0 Å². The van der Waals surface area contributed by atoms with E-state index >= 15 is 0 Å². The van der Waals surface area contributed by atoms with Crippen LogP contribution in [0.2, 0.25) is 0 Å². The van der Waals surface area contributed by atoms with Crippen LogP contribution in [0.15, 0.2) is 24.3 Å². The number of imidazole rings is 1. The van der Waals surface area contributed by atoms with Crippen LogP contribution in [0.5, 0.6) is 0 Å². The summed E-state index contributed by atoms with van der Waals surface area (Å²) in [5.41, 5.74) is 1.94. The number of carbonyl (C=O) groups excluding carboxylic acids is 2. The van der Waals surface area contributed by atoms with Crippen LogP contribution in [0.4, 0.5) is 0 Å². The van der Waals surface area contributed by atoms with Gasteiger partial charge >= 0.3 is 0 Å². The first-order chi connectivity index (χ1) is 14.1. The third-order valence-electron chi connectivity index (χ3n) is 6.37. The van der Waals surface area contributed by atoms with E-state index in [0.29, 0.717) is 19.1 Å². The lowest BCUT2D eigenvalue weighted by Gasteiger charge is -2.31. The molecule has 0 atom stereocenters. The Morgan fingerprint density at radius 2 is 1.90 bits per heavy atom. The number of amides is 2. The van der Waals surface area contributed by atoms with Crippen LogP contribution in [0, 0.1) is 5.92 Å². The molecule has 6 heteroatoms. The zero-order valence-electron chi connectivity index (χ0n) is 17.4. The number of benzene rings is 1. The molecule has 0 bridgehead atoms. The first-order valence-corrected chi connectivity index (χ1v) is 11.1. The minimum absolute atomic E-state index is 0.156. The summed E-state index contributed by atoms with van der Waals surface area (Å²) in [7, 11) is 1.95. The SMILES string of the molecule is CN(C(=O)Cn1c(CCCNC(=O)C2CC2)nc2ccccc21)C1CCCCC1. The van der Waals surface area contributed by atoms with Gasteiger partial charge in [0.1, 0.15) is 12.4 Å². The first kappa shape index (κ1) is 19.9. The van der Waals surface area contributed by atoms with E-state index in [2.05, 4.69) is 9.88 Å². The highest BCUT2D eigenvalue weighted by Crippen LogP contribution is 2.28. The molecular weight excluding hydrogens is 364 g/mol. The van der Waals surface area contributed by atoms with Gasteiger partial charge in [-0.05, 0) is 44.2 Å². The quantitative estimate of drug-likeness (QED) is 0.696. The van der Waals surface area contributed by atoms with Crippen LogP contribution >= 0.6 is 0 Å². The van der Waals surface area contributed by atoms with Crippen molar-refractivity contribution in [1.29, 1.82) is 0 Å². The van der Waals surface area contributed by atoms with Crippen LogP contribution in [0.3, 0.4) is 0 Å². The van der Waals surface area contributed by atoms with Gasteiger partial charge in [-0.3, -0.25) is 9.59 Å². The molecule has 0 aliphatic heterocycles. The maximum atomic E-state index is 13.0. The predicted octanol–water partition coefficient (Wildman–Crippen LogP) is 3.29. The van der Waals surface area contributed by atoms with E-state index in [9.17, 15) is 9.59 Å². The van der Waals surface area contributed by atoms with E-state index in [1.165, 1.54) is 19.3 Å². The molecule has 2 fully saturated rings. The molecule has 0 unspecified atom stereocenters. The molecule has 2 aliphatic rings. The predicted molar refractivity (Wildman–Crippen MR) is 113 cm³/mol. The summed E-state index contributed by atoms with van der Waals surface area (Å²) < 4.78 is 2.07. The number of hydrogen-bond acceptors (Lipinski definition) is 3. The lowest BCUT2D eigenvalue weighted by atomic mass is 9.94. The van der Waals surface area contributed by atoms with Gasteiger partial charge in [-0.1, -0.05) is 31.4 Å². The highest BCUT2D eigenvalue weighted by Gasteiger charge is 2.29. The molecule has 2 amide bonds. The molecule has 4 rings (SSSR count). The van der Waals surface area contributed by atoms with Gasteiger partial charge in [0.25, 0.3) is 0 Å². The maximum Gasteiger partial charge on any atom is 0.242 e. The minimum Gasteiger partial charge on any atom is -0.356 e. The second-order valence-electron chi connectivity index (χ2n) is 8.57. The summed E-state index contributed by atoms with van der Waals surface area (Å²) in [6.07, 6.45) is 9.57. The summed E-state index contributed by atoms with van der Waals surface area (Å²) in [5.74, 6) is 1.51. The van der Waals surface area contributed by atoms with Crippen LogP contribution in [-0.4, -0.2) is 45.9 Å². The normalized spacial score (nSPS) is 17.4. The number of nitrogens with one attached hydrogen (secondary N) is 1. The summed E-state index contributed by atoms with van der Waals surface area (Å²) in [4.78, 5) is 31.6. The average Bonchev–Trinajstić information content (AvgIpc) is 3.55. The highest BCUT2D eigenvalue weighted by atomic mass is 16.2. The lowest BCUT2D eigenvalue weighted by molar-refractivity contribution is -0.133. The summed E-state index contributed by atoms with van der Waals surface area (Å²) in [6, 6.07) is 8.38. The Hall–Kier alpha value is -2.37. The van der Waals surface area contributed by atoms with E-state index in [1.54, 1.807) is 0 Å². The van der Waals surface area contributed by atoms with E-state index in [-0.39, 0.29) is 17.7 Å². The number of para-hydroxylation sites is 2. The van der Waals surface area contributed by atoms with Gasteiger partial charge in [-0.2, -0.15) is 0 Å². The number of hydrogen-bond donors (Lipinski definition) is 1. The monoisotopic (exact) mass is 396 g/mol. The Morgan fingerprint density at radius 1 is 1.14 bits per heavy atom.